The third kappa shape index (κ3) is 3.52. The first-order chi connectivity index (χ1) is 15.4. The number of methoxy groups -OCH3 is 3. The fraction of sp³-hybridized carbons (Fsp3) is 0.217. The lowest BCUT2D eigenvalue weighted by atomic mass is 9.87. The normalized spacial score (nSPS) is 15.0. The summed E-state index contributed by atoms with van der Waals surface area (Å²) in [5, 5.41) is 13.1. The molecule has 0 radical (unpaired) electrons. The average molecular weight is 457 g/mol. The molecular weight excluding hydrogens is 436 g/mol. The summed E-state index contributed by atoms with van der Waals surface area (Å²) < 4.78 is 18.3. The van der Waals surface area contributed by atoms with E-state index in [1.54, 1.807) is 41.0 Å². The highest BCUT2D eigenvalue weighted by atomic mass is 35.5. The summed E-state index contributed by atoms with van der Waals surface area (Å²) in [4.78, 5) is 24.6. The highest BCUT2D eigenvalue weighted by Crippen LogP contribution is 2.49. The highest BCUT2D eigenvalue weighted by Gasteiger charge is 2.36. The molecule has 0 bridgehead atoms. The van der Waals surface area contributed by atoms with Crippen molar-refractivity contribution >= 4 is 29.2 Å². The van der Waals surface area contributed by atoms with Gasteiger partial charge in [0.05, 0.1) is 32.7 Å². The number of carboxylic acids is 1. The summed E-state index contributed by atoms with van der Waals surface area (Å²) >= 11 is 6.04. The van der Waals surface area contributed by atoms with Gasteiger partial charge in [0.15, 0.2) is 11.5 Å². The monoisotopic (exact) mass is 456 g/mol. The zero-order valence-electron chi connectivity index (χ0n) is 17.6. The SMILES string of the molecule is COc1ccc([C@@H]2CC(=O)Nc3c(C(=O)O)cn(-c4ccc(Cl)cc4)c32)c(OC)c1OC. The zero-order valence-corrected chi connectivity index (χ0v) is 18.4. The standard InChI is InChI=1S/C23H21ClN2O6/c1-30-17-9-8-14(21(31-2)22(17)32-3)15-10-18(27)25-19-16(23(28)29)11-26(20(15)19)13-6-4-12(24)5-7-13/h4-9,11,15H,10H2,1-3H3,(H,25,27)(H,28,29)/t15-/m0/s1. The lowest BCUT2D eigenvalue weighted by molar-refractivity contribution is -0.116. The van der Waals surface area contributed by atoms with E-state index in [1.807, 2.05) is 0 Å². The Morgan fingerprint density at radius 1 is 1.06 bits per heavy atom. The second kappa shape index (κ2) is 8.47. The predicted molar refractivity (Wildman–Crippen MR) is 119 cm³/mol. The number of aromatic nitrogens is 1. The van der Waals surface area contributed by atoms with Gasteiger partial charge in [0, 0.05) is 34.8 Å². The van der Waals surface area contributed by atoms with E-state index in [4.69, 9.17) is 25.8 Å². The van der Waals surface area contributed by atoms with Crippen molar-refractivity contribution in [2.45, 2.75) is 12.3 Å². The summed E-state index contributed by atoms with van der Waals surface area (Å²) in [5.74, 6) is -0.656. The number of nitrogens with zero attached hydrogens (tertiary/aromatic N) is 1. The van der Waals surface area contributed by atoms with Gasteiger partial charge in [-0.15, -0.1) is 0 Å². The first-order valence-electron chi connectivity index (χ1n) is 9.72. The van der Waals surface area contributed by atoms with E-state index in [2.05, 4.69) is 5.32 Å². The van der Waals surface area contributed by atoms with Crippen molar-refractivity contribution in [2.24, 2.45) is 0 Å². The van der Waals surface area contributed by atoms with Gasteiger partial charge in [-0.25, -0.2) is 4.79 Å². The van der Waals surface area contributed by atoms with E-state index in [0.717, 1.165) is 0 Å². The number of fused-ring (bicyclic) bond motifs is 1. The number of hydrogen-bond donors (Lipinski definition) is 2. The molecule has 0 saturated heterocycles. The van der Waals surface area contributed by atoms with Crippen LogP contribution in [0.1, 0.15) is 34.0 Å². The number of carbonyl (C=O) groups is 2. The number of hydrogen-bond acceptors (Lipinski definition) is 5. The van der Waals surface area contributed by atoms with Crippen LogP contribution in [0.2, 0.25) is 5.02 Å². The van der Waals surface area contributed by atoms with Crippen molar-refractivity contribution < 1.29 is 28.9 Å². The second-order valence-electron chi connectivity index (χ2n) is 7.18. The summed E-state index contributed by atoms with van der Waals surface area (Å²) in [6.07, 6.45) is 1.59. The topological polar surface area (TPSA) is 99.0 Å². The molecule has 1 aliphatic rings. The Balaban J connectivity index is 2.00. The van der Waals surface area contributed by atoms with Gasteiger partial charge in [0.2, 0.25) is 11.7 Å². The van der Waals surface area contributed by atoms with Crippen LogP contribution in [0.4, 0.5) is 5.69 Å². The molecule has 8 nitrogen and oxygen atoms in total. The van der Waals surface area contributed by atoms with Crippen molar-refractivity contribution in [1.29, 1.82) is 0 Å². The number of nitrogens with one attached hydrogen (secondary N) is 1. The van der Waals surface area contributed by atoms with Gasteiger partial charge < -0.3 is 29.2 Å². The first-order valence-corrected chi connectivity index (χ1v) is 10.1. The third-order valence-corrected chi connectivity index (χ3v) is 5.72. The Labute approximate surface area is 189 Å². The molecule has 32 heavy (non-hydrogen) atoms. The zero-order chi connectivity index (χ0) is 23.0. The minimum Gasteiger partial charge on any atom is -0.493 e. The van der Waals surface area contributed by atoms with Crippen LogP contribution in [0, 0.1) is 0 Å². The summed E-state index contributed by atoms with van der Waals surface area (Å²) in [7, 11) is 4.53. The molecule has 0 aliphatic carbocycles. The molecule has 4 rings (SSSR count). The molecule has 0 fully saturated rings. The summed E-state index contributed by atoms with van der Waals surface area (Å²) in [6.45, 7) is 0. The molecule has 2 N–H and O–H groups in total. The first kappa shape index (κ1) is 21.6. The number of anilines is 1. The van der Waals surface area contributed by atoms with E-state index < -0.39 is 11.9 Å². The molecule has 2 aromatic carbocycles. The molecule has 9 heteroatoms. The quantitative estimate of drug-likeness (QED) is 0.572. The van der Waals surface area contributed by atoms with E-state index in [9.17, 15) is 14.7 Å². The fourth-order valence-corrected chi connectivity index (χ4v) is 4.23. The van der Waals surface area contributed by atoms with Gasteiger partial charge in [0.1, 0.15) is 5.56 Å². The predicted octanol–water partition coefficient (Wildman–Crippen LogP) is 4.33. The van der Waals surface area contributed by atoms with E-state index in [0.29, 0.717) is 39.2 Å². The van der Waals surface area contributed by atoms with Crippen LogP contribution in [0.5, 0.6) is 17.2 Å². The summed E-state index contributed by atoms with van der Waals surface area (Å²) in [6, 6.07) is 10.5. The Morgan fingerprint density at radius 2 is 1.75 bits per heavy atom. The number of carboxylic acid groups (broad SMARTS) is 1. The third-order valence-electron chi connectivity index (χ3n) is 5.47. The molecule has 1 aliphatic heterocycles. The Hall–Kier alpha value is -3.65. The van der Waals surface area contributed by atoms with Crippen molar-refractivity contribution in [3.8, 4) is 22.9 Å². The summed E-state index contributed by atoms with van der Waals surface area (Å²) in [5.41, 5.74) is 2.25. The Bertz CT molecular complexity index is 1200. The maximum Gasteiger partial charge on any atom is 0.339 e. The van der Waals surface area contributed by atoms with Crippen LogP contribution in [0.15, 0.2) is 42.6 Å². The van der Waals surface area contributed by atoms with E-state index in [-0.39, 0.29) is 23.6 Å². The van der Waals surface area contributed by atoms with Crippen molar-refractivity contribution in [3.05, 3.63) is 64.4 Å². The minimum absolute atomic E-state index is 0.00700. The van der Waals surface area contributed by atoms with Crippen molar-refractivity contribution in [2.75, 3.05) is 26.6 Å². The Morgan fingerprint density at radius 3 is 2.34 bits per heavy atom. The fourth-order valence-electron chi connectivity index (χ4n) is 4.10. The van der Waals surface area contributed by atoms with Crippen LogP contribution in [-0.2, 0) is 4.79 Å². The molecule has 1 atom stereocenters. The van der Waals surface area contributed by atoms with Gasteiger partial charge in [-0.05, 0) is 30.3 Å². The lowest BCUT2D eigenvalue weighted by Gasteiger charge is -2.28. The molecule has 166 valence electrons. The molecule has 2 heterocycles. The number of halogens is 1. The smallest absolute Gasteiger partial charge is 0.339 e. The highest BCUT2D eigenvalue weighted by molar-refractivity contribution is 6.30. The number of amides is 1. The minimum atomic E-state index is -1.14. The maximum atomic E-state index is 12.6. The molecule has 1 aromatic heterocycles. The molecule has 1 amide bonds. The van der Waals surface area contributed by atoms with Crippen LogP contribution in [0.25, 0.3) is 5.69 Å². The van der Waals surface area contributed by atoms with Crippen LogP contribution < -0.4 is 19.5 Å². The van der Waals surface area contributed by atoms with Crippen molar-refractivity contribution in [1.82, 2.24) is 4.57 Å². The van der Waals surface area contributed by atoms with Gasteiger partial charge in [-0.3, -0.25) is 4.79 Å². The number of ether oxygens (including phenoxy) is 3. The van der Waals surface area contributed by atoms with Gasteiger partial charge in [-0.1, -0.05) is 17.7 Å². The largest absolute Gasteiger partial charge is 0.493 e. The molecule has 3 aromatic rings. The number of benzene rings is 2. The molecular formula is C23H21ClN2O6. The molecule has 0 unspecified atom stereocenters. The molecule has 0 spiro atoms. The van der Waals surface area contributed by atoms with Gasteiger partial charge >= 0.3 is 5.97 Å². The number of carbonyl (C=O) groups excluding carboxylic acids is 1. The van der Waals surface area contributed by atoms with E-state index in [1.165, 1.54) is 27.5 Å². The molecule has 0 saturated carbocycles. The van der Waals surface area contributed by atoms with E-state index >= 15 is 0 Å². The Kier molecular flexibility index (Phi) is 5.71. The lowest BCUT2D eigenvalue weighted by Crippen LogP contribution is -2.26. The van der Waals surface area contributed by atoms with Gasteiger partial charge in [0.25, 0.3) is 0 Å². The van der Waals surface area contributed by atoms with Crippen molar-refractivity contribution in [3.63, 3.8) is 0 Å². The maximum absolute atomic E-state index is 12.6. The second-order valence-corrected chi connectivity index (χ2v) is 7.62. The average Bonchev–Trinajstić information content (AvgIpc) is 3.17. The van der Waals surface area contributed by atoms with Crippen LogP contribution in [-0.4, -0.2) is 42.9 Å². The van der Waals surface area contributed by atoms with Gasteiger partial charge in [-0.2, -0.15) is 0 Å². The number of rotatable bonds is 6. The van der Waals surface area contributed by atoms with Crippen LogP contribution >= 0.6 is 11.6 Å². The number of aromatic carboxylic acids is 1. The van der Waals surface area contributed by atoms with Crippen LogP contribution in [0.3, 0.4) is 0 Å².